The van der Waals surface area contributed by atoms with Crippen molar-refractivity contribution >= 4 is 24.8 Å². The summed E-state index contributed by atoms with van der Waals surface area (Å²) in [5.74, 6) is 0. The molecule has 2 saturated heterocycles. The summed E-state index contributed by atoms with van der Waals surface area (Å²) in [4.78, 5) is 2.32. The maximum absolute atomic E-state index is 10.7. The van der Waals surface area contributed by atoms with E-state index < -0.39 is 5.60 Å². The Hall–Kier alpha value is -0.400. The van der Waals surface area contributed by atoms with Crippen molar-refractivity contribution in [2.24, 2.45) is 0 Å². The molecule has 0 aromatic heterocycles. The molecule has 0 spiro atoms. The Bertz CT molecular complexity index is 446. The van der Waals surface area contributed by atoms with E-state index in [-0.39, 0.29) is 49.0 Å². The third kappa shape index (κ3) is 4.57. The maximum atomic E-state index is 10.7. The first kappa shape index (κ1) is 22.6. The third-order valence-electron chi connectivity index (χ3n) is 4.78. The normalized spacial score (nSPS) is 24.2. The molecule has 2 aliphatic rings. The van der Waals surface area contributed by atoms with E-state index >= 15 is 0 Å². The Morgan fingerprint density at radius 3 is 2.35 bits per heavy atom. The number of aliphatic hydroxyl groups is 2. The highest BCUT2D eigenvalue weighted by Gasteiger charge is 2.47. The van der Waals surface area contributed by atoms with Gasteiger partial charge in [0.15, 0.2) is 0 Å². The van der Waals surface area contributed by atoms with Crippen LogP contribution in [-0.4, -0.2) is 58.5 Å². The number of nitrogens with zero attached hydrogens (tertiary/aromatic N) is 1. The molecule has 3 rings (SSSR count). The molecule has 0 unspecified atom stereocenters. The average Bonchev–Trinajstić information content (AvgIpc) is 2.47. The summed E-state index contributed by atoms with van der Waals surface area (Å²) in [6, 6.07) is 10.3. The van der Waals surface area contributed by atoms with E-state index in [0.717, 1.165) is 31.4 Å². The van der Waals surface area contributed by atoms with Crippen LogP contribution >= 0.6 is 24.8 Å². The van der Waals surface area contributed by atoms with E-state index in [2.05, 4.69) is 22.3 Å². The van der Waals surface area contributed by atoms with Gasteiger partial charge >= 0.3 is 0 Å². The van der Waals surface area contributed by atoms with Crippen LogP contribution in [0, 0.1) is 0 Å². The smallest absolute Gasteiger partial charge is 0.105 e. The van der Waals surface area contributed by atoms with Crippen molar-refractivity contribution in [3.8, 4) is 0 Å². The van der Waals surface area contributed by atoms with E-state index in [4.69, 9.17) is 0 Å². The Balaban J connectivity index is 0.00000161. The molecular formula is C16H28Cl2N2O3. The first-order valence-electron chi connectivity index (χ1n) is 7.59. The summed E-state index contributed by atoms with van der Waals surface area (Å²) in [5, 5.41) is 23.8. The van der Waals surface area contributed by atoms with Gasteiger partial charge < -0.3 is 21.0 Å². The minimum Gasteiger partial charge on any atom is -0.412 e. The molecule has 0 bridgehead atoms. The van der Waals surface area contributed by atoms with Gasteiger partial charge in [0, 0.05) is 19.1 Å². The Morgan fingerprint density at radius 2 is 1.83 bits per heavy atom. The highest BCUT2D eigenvalue weighted by Crippen LogP contribution is 2.35. The fraction of sp³-hybridized carbons (Fsp3) is 0.625. The fourth-order valence-corrected chi connectivity index (χ4v) is 3.60. The zero-order chi connectivity index (χ0) is 14.0. The number of β-amino-alcohol motifs (C(OH)–C–C–N with tert-alkyl or cyclic N) is 1. The molecule has 0 radical (unpaired) electrons. The third-order valence-corrected chi connectivity index (χ3v) is 4.78. The van der Waals surface area contributed by atoms with Crippen molar-refractivity contribution < 1.29 is 15.7 Å². The summed E-state index contributed by atoms with van der Waals surface area (Å²) in [5.41, 5.74) is 0.514. The van der Waals surface area contributed by atoms with Crippen LogP contribution < -0.4 is 5.32 Å². The van der Waals surface area contributed by atoms with Crippen molar-refractivity contribution in [3.63, 3.8) is 0 Å². The largest absolute Gasteiger partial charge is 0.412 e. The van der Waals surface area contributed by atoms with Crippen molar-refractivity contribution in [1.29, 1.82) is 0 Å². The van der Waals surface area contributed by atoms with Gasteiger partial charge in [-0.25, -0.2) is 0 Å². The monoisotopic (exact) mass is 366 g/mol. The van der Waals surface area contributed by atoms with Gasteiger partial charge in [-0.2, -0.15) is 0 Å². The second kappa shape index (κ2) is 9.79. The van der Waals surface area contributed by atoms with Gasteiger partial charge in [-0.15, -0.1) is 24.8 Å². The van der Waals surface area contributed by atoms with E-state index in [1.54, 1.807) is 0 Å². The van der Waals surface area contributed by atoms with Crippen LogP contribution in [-0.2, 0) is 0 Å². The van der Waals surface area contributed by atoms with Crippen molar-refractivity contribution in [1.82, 2.24) is 10.2 Å². The maximum Gasteiger partial charge on any atom is 0.105 e. The average molecular weight is 367 g/mol. The van der Waals surface area contributed by atoms with Crippen molar-refractivity contribution in [3.05, 3.63) is 35.9 Å². The summed E-state index contributed by atoms with van der Waals surface area (Å²) in [6.45, 7) is 2.39. The molecule has 0 amide bonds. The predicted octanol–water partition coefficient (Wildman–Crippen LogP) is 0.928. The van der Waals surface area contributed by atoms with E-state index in [9.17, 15) is 10.2 Å². The number of piperidine rings is 1. The van der Waals surface area contributed by atoms with Gasteiger partial charge in [-0.1, -0.05) is 36.8 Å². The van der Waals surface area contributed by atoms with Crippen LogP contribution in [0.25, 0.3) is 0 Å². The SMILES string of the molecule is Cl.Cl.O.OC[C@H](c1ccccc1)N1CCCC[C@H]1C1(O)CNC1. The first-order valence-corrected chi connectivity index (χ1v) is 7.59. The molecule has 23 heavy (non-hydrogen) atoms. The van der Waals surface area contributed by atoms with Crippen LogP contribution in [0.15, 0.2) is 30.3 Å². The molecule has 134 valence electrons. The Labute approximate surface area is 150 Å². The topological polar surface area (TPSA) is 87.2 Å². The zero-order valence-electron chi connectivity index (χ0n) is 13.1. The molecule has 2 aliphatic heterocycles. The second-order valence-corrected chi connectivity index (χ2v) is 6.07. The number of hydrogen-bond donors (Lipinski definition) is 3. The van der Waals surface area contributed by atoms with Crippen LogP contribution in [0.3, 0.4) is 0 Å². The fourth-order valence-electron chi connectivity index (χ4n) is 3.60. The highest BCUT2D eigenvalue weighted by molar-refractivity contribution is 5.85. The Kier molecular flexibility index (Phi) is 9.62. The second-order valence-electron chi connectivity index (χ2n) is 6.07. The molecule has 0 saturated carbocycles. The lowest BCUT2D eigenvalue weighted by molar-refractivity contribution is -0.111. The minimum atomic E-state index is -0.622. The molecule has 2 heterocycles. The molecule has 1 aromatic carbocycles. The number of benzene rings is 1. The van der Waals surface area contributed by atoms with E-state index in [1.165, 1.54) is 0 Å². The molecule has 7 heteroatoms. The number of aliphatic hydroxyl groups excluding tert-OH is 1. The van der Waals surface area contributed by atoms with Gasteiger partial charge in [-0.05, 0) is 24.9 Å². The zero-order valence-corrected chi connectivity index (χ0v) is 14.8. The molecule has 5 nitrogen and oxygen atoms in total. The minimum absolute atomic E-state index is 0. The lowest BCUT2D eigenvalue weighted by Crippen LogP contribution is -2.70. The quantitative estimate of drug-likeness (QED) is 0.739. The molecular weight excluding hydrogens is 339 g/mol. The number of likely N-dealkylation sites (tertiary alicyclic amines) is 1. The van der Waals surface area contributed by atoms with Crippen molar-refractivity contribution in [2.75, 3.05) is 26.2 Å². The molecule has 1 aromatic rings. The van der Waals surface area contributed by atoms with E-state index in [0.29, 0.717) is 13.1 Å². The Morgan fingerprint density at radius 1 is 1.17 bits per heavy atom. The van der Waals surface area contributed by atoms with Crippen LogP contribution in [0.1, 0.15) is 30.9 Å². The van der Waals surface area contributed by atoms with Gasteiger partial charge in [0.2, 0.25) is 0 Å². The van der Waals surface area contributed by atoms with Crippen LogP contribution in [0.5, 0.6) is 0 Å². The summed E-state index contributed by atoms with van der Waals surface area (Å²) in [7, 11) is 0. The molecule has 2 atom stereocenters. The lowest BCUT2D eigenvalue weighted by atomic mass is 9.80. The van der Waals surface area contributed by atoms with Gasteiger partial charge in [0.25, 0.3) is 0 Å². The molecule has 0 aliphatic carbocycles. The number of rotatable bonds is 4. The molecule has 2 fully saturated rings. The van der Waals surface area contributed by atoms with E-state index in [1.807, 2.05) is 18.2 Å². The predicted molar refractivity (Wildman–Crippen MR) is 96.5 cm³/mol. The van der Waals surface area contributed by atoms with Gasteiger partial charge in [-0.3, -0.25) is 4.90 Å². The summed E-state index contributed by atoms with van der Waals surface area (Å²) in [6.07, 6.45) is 3.32. The standard InChI is InChI=1S/C16H24N2O2.2ClH.H2O/c19-10-14(13-6-2-1-3-7-13)18-9-5-4-8-15(18)16(20)11-17-12-16;;;/h1-3,6-7,14-15,17,19-20H,4-5,8-12H2;2*1H;1H2/t14-,15+;;;/m1.../s1. The number of halogens is 2. The lowest BCUT2D eigenvalue weighted by Gasteiger charge is -2.52. The van der Waals surface area contributed by atoms with Crippen molar-refractivity contribution in [2.45, 2.75) is 36.9 Å². The van der Waals surface area contributed by atoms with Gasteiger partial charge in [0.05, 0.1) is 12.6 Å². The number of hydrogen-bond acceptors (Lipinski definition) is 4. The van der Waals surface area contributed by atoms with Crippen LogP contribution in [0.2, 0.25) is 0 Å². The number of nitrogens with one attached hydrogen (secondary N) is 1. The molecule has 5 N–H and O–H groups in total. The highest BCUT2D eigenvalue weighted by atomic mass is 35.5. The summed E-state index contributed by atoms with van der Waals surface area (Å²) >= 11 is 0. The van der Waals surface area contributed by atoms with Crippen LogP contribution in [0.4, 0.5) is 0 Å². The van der Waals surface area contributed by atoms with Gasteiger partial charge in [0.1, 0.15) is 5.60 Å². The summed E-state index contributed by atoms with van der Waals surface area (Å²) < 4.78 is 0. The first-order chi connectivity index (χ1) is 9.74.